The van der Waals surface area contributed by atoms with Crippen LogP contribution in [-0.4, -0.2) is 32.0 Å². The molecule has 0 unspecified atom stereocenters. The Morgan fingerprint density at radius 2 is 1.88 bits per heavy atom. The summed E-state index contributed by atoms with van der Waals surface area (Å²) >= 11 is 0. The van der Waals surface area contributed by atoms with Crippen molar-refractivity contribution in [2.24, 2.45) is 0 Å². The normalized spacial score (nSPS) is 11.4. The Kier molecular flexibility index (Phi) is 4.65. The van der Waals surface area contributed by atoms with Crippen LogP contribution in [0.1, 0.15) is 12.5 Å². The molecule has 1 aromatic carbocycles. The van der Waals surface area contributed by atoms with Crippen LogP contribution >= 0.6 is 0 Å². The maximum Gasteiger partial charge on any atom is 0.307 e. The average molecular weight is 258 g/mol. The summed E-state index contributed by atoms with van der Waals surface area (Å²) in [5.41, 5.74) is 0.563. The Balaban J connectivity index is 2.83. The highest BCUT2D eigenvalue weighted by atomic mass is 32.2. The molecule has 6 heteroatoms. The Labute approximate surface area is 100.0 Å². The van der Waals surface area contributed by atoms with Gasteiger partial charge in [-0.15, -0.1) is 0 Å². The van der Waals surface area contributed by atoms with E-state index in [0.29, 0.717) is 12.2 Å². The zero-order valence-electron chi connectivity index (χ0n) is 9.42. The minimum Gasteiger partial charge on any atom is -0.481 e. The molecule has 0 aromatic heterocycles. The molecule has 1 N–H and O–H groups in total. The zero-order chi connectivity index (χ0) is 12.9. The van der Waals surface area contributed by atoms with Crippen molar-refractivity contribution in [3.8, 4) is 0 Å². The molecule has 0 radical (unpaired) electrons. The Morgan fingerprint density at radius 3 is 2.35 bits per heavy atom. The molecular formula is C11H14O5S. The maximum absolute atomic E-state index is 11.7. The lowest BCUT2D eigenvalue weighted by molar-refractivity contribution is -0.136. The van der Waals surface area contributed by atoms with E-state index in [-0.39, 0.29) is 17.3 Å². The molecule has 0 saturated carbocycles. The third kappa shape index (κ3) is 4.16. The van der Waals surface area contributed by atoms with Crippen LogP contribution in [0, 0.1) is 0 Å². The van der Waals surface area contributed by atoms with Gasteiger partial charge in [-0.25, -0.2) is 8.42 Å². The van der Waals surface area contributed by atoms with Gasteiger partial charge in [-0.3, -0.25) is 4.79 Å². The van der Waals surface area contributed by atoms with Crippen molar-refractivity contribution in [2.45, 2.75) is 18.2 Å². The van der Waals surface area contributed by atoms with E-state index in [1.807, 2.05) is 0 Å². The van der Waals surface area contributed by atoms with Gasteiger partial charge in [0.05, 0.1) is 11.3 Å². The van der Waals surface area contributed by atoms with Gasteiger partial charge < -0.3 is 9.84 Å². The van der Waals surface area contributed by atoms with E-state index in [2.05, 4.69) is 0 Å². The summed E-state index contributed by atoms with van der Waals surface area (Å²) in [4.78, 5) is 10.6. The van der Waals surface area contributed by atoms with Gasteiger partial charge in [0.15, 0.2) is 5.94 Å². The van der Waals surface area contributed by atoms with Gasteiger partial charge in [0.2, 0.25) is 9.84 Å². The smallest absolute Gasteiger partial charge is 0.307 e. The maximum atomic E-state index is 11.7. The van der Waals surface area contributed by atoms with Gasteiger partial charge in [0.25, 0.3) is 0 Å². The fourth-order valence-corrected chi connectivity index (χ4v) is 2.32. The molecule has 0 atom stereocenters. The van der Waals surface area contributed by atoms with E-state index in [4.69, 9.17) is 9.84 Å². The molecule has 0 saturated heterocycles. The summed E-state index contributed by atoms with van der Waals surface area (Å²) in [6.45, 7) is 2.04. The first-order valence-electron chi connectivity index (χ1n) is 5.07. The van der Waals surface area contributed by atoms with Crippen molar-refractivity contribution >= 4 is 15.8 Å². The first kappa shape index (κ1) is 13.7. The van der Waals surface area contributed by atoms with Crippen LogP contribution in [0.15, 0.2) is 29.2 Å². The monoisotopic (exact) mass is 258 g/mol. The fourth-order valence-electron chi connectivity index (χ4n) is 1.25. The SMILES string of the molecule is CCOCS(=O)(=O)c1ccc(CC(=O)O)cc1. The highest BCUT2D eigenvalue weighted by molar-refractivity contribution is 7.91. The third-order valence-electron chi connectivity index (χ3n) is 2.08. The van der Waals surface area contributed by atoms with Crippen LogP contribution in [0.2, 0.25) is 0 Å². The number of hydrogen-bond acceptors (Lipinski definition) is 4. The summed E-state index contributed by atoms with van der Waals surface area (Å²) in [5.74, 6) is -1.31. The standard InChI is InChI=1S/C11H14O5S/c1-2-16-8-17(14,15)10-5-3-9(4-6-10)7-11(12)13/h3-6H,2,7-8H2,1H3,(H,12,13). The predicted octanol–water partition coefficient (Wildman–Crippen LogP) is 1.08. The zero-order valence-corrected chi connectivity index (χ0v) is 10.2. The average Bonchev–Trinajstić information content (AvgIpc) is 2.26. The Hall–Kier alpha value is -1.40. The van der Waals surface area contributed by atoms with Gasteiger partial charge in [-0.1, -0.05) is 12.1 Å². The van der Waals surface area contributed by atoms with Crippen molar-refractivity contribution in [1.29, 1.82) is 0 Å². The van der Waals surface area contributed by atoms with Gasteiger partial charge >= 0.3 is 5.97 Å². The first-order valence-corrected chi connectivity index (χ1v) is 6.72. The number of aliphatic carboxylic acids is 1. The van der Waals surface area contributed by atoms with E-state index in [1.54, 1.807) is 6.92 Å². The second-order valence-electron chi connectivity index (χ2n) is 3.44. The van der Waals surface area contributed by atoms with E-state index in [9.17, 15) is 13.2 Å². The lowest BCUT2D eigenvalue weighted by Crippen LogP contribution is -2.10. The molecule has 0 amide bonds. The van der Waals surface area contributed by atoms with Crippen molar-refractivity contribution in [3.63, 3.8) is 0 Å². The number of hydrogen-bond donors (Lipinski definition) is 1. The highest BCUT2D eigenvalue weighted by Gasteiger charge is 2.14. The van der Waals surface area contributed by atoms with Gasteiger partial charge in [0, 0.05) is 6.61 Å². The number of carbonyl (C=O) groups is 1. The molecule has 17 heavy (non-hydrogen) atoms. The van der Waals surface area contributed by atoms with Crippen molar-refractivity contribution in [3.05, 3.63) is 29.8 Å². The fraction of sp³-hybridized carbons (Fsp3) is 0.364. The van der Waals surface area contributed by atoms with Crippen LogP contribution in [0.5, 0.6) is 0 Å². The van der Waals surface area contributed by atoms with Crippen LogP contribution in [0.4, 0.5) is 0 Å². The number of rotatable bonds is 6. The molecule has 1 aromatic rings. The van der Waals surface area contributed by atoms with E-state index >= 15 is 0 Å². The van der Waals surface area contributed by atoms with Crippen LogP contribution < -0.4 is 0 Å². The summed E-state index contributed by atoms with van der Waals surface area (Å²) in [7, 11) is -3.44. The molecule has 0 fully saturated rings. The molecule has 94 valence electrons. The topological polar surface area (TPSA) is 80.7 Å². The van der Waals surface area contributed by atoms with Crippen LogP contribution in [0.25, 0.3) is 0 Å². The summed E-state index contributed by atoms with van der Waals surface area (Å²) in [6.07, 6.45) is -0.119. The van der Waals surface area contributed by atoms with E-state index < -0.39 is 15.8 Å². The summed E-state index contributed by atoms with van der Waals surface area (Å²) in [6, 6.07) is 5.78. The number of sulfone groups is 1. The minimum atomic E-state index is -3.44. The minimum absolute atomic E-state index is 0.119. The van der Waals surface area contributed by atoms with E-state index in [1.165, 1.54) is 24.3 Å². The molecule has 0 bridgehead atoms. The second-order valence-corrected chi connectivity index (χ2v) is 5.38. The van der Waals surface area contributed by atoms with Crippen LogP contribution in [0.3, 0.4) is 0 Å². The highest BCUT2D eigenvalue weighted by Crippen LogP contribution is 2.13. The molecule has 5 nitrogen and oxygen atoms in total. The molecule has 1 rings (SSSR count). The number of carboxylic acid groups (broad SMARTS) is 1. The summed E-state index contributed by atoms with van der Waals surface area (Å²) in [5, 5.41) is 8.57. The molecular weight excluding hydrogens is 244 g/mol. The molecule has 0 aliphatic carbocycles. The van der Waals surface area contributed by atoms with Crippen molar-refractivity contribution < 1.29 is 23.1 Å². The lowest BCUT2D eigenvalue weighted by Gasteiger charge is -2.05. The quantitative estimate of drug-likeness (QED) is 0.825. The molecule has 0 aliphatic heterocycles. The number of benzene rings is 1. The van der Waals surface area contributed by atoms with E-state index in [0.717, 1.165) is 0 Å². The van der Waals surface area contributed by atoms with Gasteiger partial charge in [-0.05, 0) is 24.6 Å². The van der Waals surface area contributed by atoms with Crippen molar-refractivity contribution in [2.75, 3.05) is 12.5 Å². The third-order valence-corrected chi connectivity index (χ3v) is 3.55. The Morgan fingerprint density at radius 1 is 1.29 bits per heavy atom. The Bertz CT molecular complexity index is 475. The van der Waals surface area contributed by atoms with Crippen molar-refractivity contribution in [1.82, 2.24) is 0 Å². The second kappa shape index (κ2) is 5.79. The van der Waals surface area contributed by atoms with Crippen LogP contribution in [-0.2, 0) is 25.8 Å². The molecule has 0 heterocycles. The molecule has 0 aliphatic rings. The molecule has 0 spiro atoms. The van der Waals surface area contributed by atoms with Gasteiger partial charge in [0.1, 0.15) is 0 Å². The first-order chi connectivity index (χ1) is 7.95. The summed E-state index contributed by atoms with van der Waals surface area (Å²) < 4.78 is 28.2. The lowest BCUT2D eigenvalue weighted by atomic mass is 10.2. The predicted molar refractivity (Wildman–Crippen MR) is 61.5 cm³/mol. The largest absolute Gasteiger partial charge is 0.481 e. The number of ether oxygens (including phenoxy) is 1. The number of carboxylic acids is 1. The van der Waals surface area contributed by atoms with Gasteiger partial charge in [-0.2, -0.15) is 0 Å².